The number of rotatable bonds is 4. The van der Waals surface area contributed by atoms with Gasteiger partial charge in [0.1, 0.15) is 0 Å². The molecule has 1 unspecified atom stereocenters. The lowest BCUT2D eigenvalue weighted by Crippen LogP contribution is -2.40. The fourth-order valence-corrected chi connectivity index (χ4v) is 0.915. The topological polar surface area (TPSA) is 69.6 Å². The minimum atomic E-state index is -0.914. The van der Waals surface area contributed by atoms with Gasteiger partial charge in [-0.15, -0.1) is 5.92 Å². The highest BCUT2D eigenvalue weighted by Crippen LogP contribution is 1.97. The number of amides is 2. The van der Waals surface area contributed by atoms with Crippen molar-refractivity contribution in [1.29, 1.82) is 0 Å². The van der Waals surface area contributed by atoms with Crippen LogP contribution in [0.3, 0.4) is 0 Å². The smallest absolute Gasteiger partial charge is 0.317 e. The molecule has 0 heterocycles. The van der Waals surface area contributed by atoms with E-state index in [0.717, 1.165) is 0 Å². The highest BCUT2D eigenvalue weighted by molar-refractivity contribution is 5.75. The van der Waals surface area contributed by atoms with Crippen LogP contribution in [0, 0.1) is 17.8 Å². The molecule has 5 heteroatoms. The van der Waals surface area contributed by atoms with Crippen LogP contribution < -0.4 is 5.32 Å². The number of aliphatic carboxylic acids is 1. The van der Waals surface area contributed by atoms with Crippen LogP contribution in [-0.2, 0) is 4.79 Å². The van der Waals surface area contributed by atoms with E-state index in [1.54, 1.807) is 20.9 Å². The van der Waals surface area contributed by atoms with Crippen LogP contribution in [0.15, 0.2) is 0 Å². The molecule has 0 aromatic carbocycles. The van der Waals surface area contributed by atoms with E-state index in [-0.39, 0.29) is 19.1 Å². The van der Waals surface area contributed by atoms with Gasteiger partial charge in [0.2, 0.25) is 0 Å². The maximum absolute atomic E-state index is 11.3. The van der Waals surface area contributed by atoms with Crippen LogP contribution in [0.2, 0.25) is 0 Å². The summed E-state index contributed by atoms with van der Waals surface area (Å²) in [5.74, 6) is 3.84. The van der Waals surface area contributed by atoms with E-state index in [0.29, 0.717) is 0 Å². The molecule has 0 aliphatic heterocycles. The Hall–Kier alpha value is -1.70. The first-order valence-corrected chi connectivity index (χ1v) is 4.60. The molecule has 2 amide bonds. The van der Waals surface area contributed by atoms with Crippen LogP contribution in [0.1, 0.15) is 13.8 Å². The summed E-state index contributed by atoms with van der Waals surface area (Å²) in [5.41, 5.74) is 0. The van der Waals surface area contributed by atoms with E-state index < -0.39 is 11.9 Å². The van der Waals surface area contributed by atoms with Crippen LogP contribution in [-0.4, -0.2) is 42.1 Å². The third kappa shape index (κ3) is 5.57. The second-order valence-electron chi connectivity index (χ2n) is 3.21. The molecular weight excluding hydrogens is 196 g/mol. The highest BCUT2D eigenvalue weighted by Gasteiger charge is 2.16. The minimum Gasteiger partial charge on any atom is -0.481 e. The summed E-state index contributed by atoms with van der Waals surface area (Å²) >= 11 is 0. The predicted octanol–water partition coefficient (Wildman–Crippen LogP) is 0.372. The number of hydrogen-bond donors (Lipinski definition) is 2. The Bertz CT molecular complexity index is 291. The van der Waals surface area contributed by atoms with Crippen molar-refractivity contribution in [3.05, 3.63) is 0 Å². The van der Waals surface area contributed by atoms with Crippen molar-refractivity contribution in [2.45, 2.75) is 13.8 Å². The van der Waals surface area contributed by atoms with Crippen molar-refractivity contribution in [2.24, 2.45) is 5.92 Å². The van der Waals surface area contributed by atoms with Crippen LogP contribution in [0.5, 0.6) is 0 Å². The monoisotopic (exact) mass is 212 g/mol. The van der Waals surface area contributed by atoms with Gasteiger partial charge in [0.05, 0.1) is 12.5 Å². The number of urea groups is 1. The fraction of sp³-hybridized carbons (Fsp3) is 0.600. The molecule has 2 N–H and O–H groups in total. The van der Waals surface area contributed by atoms with Crippen molar-refractivity contribution < 1.29 is 14.7 Å². The minimum absolute atomic E-state index is 0.181. The van der Waals surface area contributed by atoms with E-state index in [1.165, 1.54) is 4.90 Å². The summed E-state index contributed by atoms with van der Waals surface area (Å²) in [5, 5.41) is 11.2. The SMILES string of the molecule is CC#CCNC(=O)N(C)CC(C)C(=O)O. The van der Waals surface area contributed by atoms with E-state index in [4.69, 9.17) is 5.11 Å². The summed E-state index contributed by atoms with van der Waals surface area (Å²) < 4.78 is 0. The van der Waals surface area contributed by atoms with Crippen molar-refractivity contribution in [3.8, 4) is 11.8 Å². The number of carbonyl (C=O) groups excluding carboxylic acids is 1. The zero-order valence-corrected chi connectivity index (χ0v) is 9.20. The fourth-order valence-electron chi connectivity index (χ4n) is 0.915. The van der Waals surface area contributed by atoms with E-state index in [1.807, 2.05) is 0 Å². The number of carboxylic acids is 1. The lowest BCUT2D eigenvalue weighted by atomic mass is 10.2. The normalized spacial score (nSPS) is 10.9. The molecule has 0 fully saturated rings. The van der Waals surface area contributed by atoms with Gasteiger partial charge in [0.15, 0.2) is 0 Å². The zero-order valence-electron chi connectivity index (χ0n) is 9.20. The molecule has 0 saturated heterocycles. The molecule has 1 atom stereocenters. The van der Waals surface area contributed by atoms with E-state index >= 15 is 0 Å². The summed E-state index contributed by atoms with van der Waals surface area (Å²) in [6, 6.07) is -0.314. The summed E-state index contributed by atoms with van der Waals surface area (Å²) in [7, 11) is 1.55. The maximum atomic E-state index is 11.3. The van der Waals surface area contributed by atoms with Crippen LogP contribution >= 0.6 is 0 Å². The van der Waals surface area contributed by atoms with Crippen LogP contribution in [0.25, 0.3) is 0 Å². The number of carbonyl (C=O) groups is 2. The third-order valence-electron chi connectivity index (χ3n) is 1.82. The van der Waals surface area contributed by atoms with Gasteiger partial charge in [-0.2, -0.15) is 0 Å². The Morgan fingerprint density at radius 1 is 1.53 bits per heavy atom. The lowest BCUT2D eigenvalue weighted by Gasteiger charge is -2.19. The van der Waals surface area contributed by atoms with Crippen molar-refractivity contribution in [3.63, 3.8) is 0 Å². The third-order valence-corrected chi connectivity index (χ3v) is 1.82. The van der Waals surface area contributed by atoms with Crippen molar-refractivity contribution >= 4 is 12.0 Å². The summed E-state index contributed by atoms with van der Waals surface area (Å²) in [6.45, 7) is 3.70. The molecule has 0 aromatic heterocycles. The lowest BCUT2D eigenvalue weighted by molar-refractivity contribution is -0.141. The Balaban J connectivity index is 3.97. The van der Waals surface area contributed by atoms with Gasteiger partial charge in [0.25, 0.3) is 0 Å². The summed E-state index contributed by atoms with van der Waals surface area (Å²) in [4.78, 5) is 23.2. The molecule has 84 valence electrons. The van der Waals surface area contributed by atoms with Gasteiger partial charge in [-0.1, -0.05) is 12.8 Å². The van der Waals surface area contributed by atoms with Crippen molar-refractivity contribution in [2.75, 3.05) is 20.1 Å². The molecule has 0 rings (SSSR count). The van der Waals surface area contributed by atoms with E-state index in [9.17, 15) is 9.59 Å². The molecule has 0 spiro atoms. The Morgan fingerprint density at radius 3 is 2.60 bits per heavy atom. The second kappa shape index (κ2) is 6.71. The Labute approximate surface area is 89.4 Å². The first kappa shape index (κ1) is 13.3. The average Bonchev–Trinajstić information content (AvgIpc) is 2.17. The average molecular weight is 212 g/mol. The van der Waals surface area contributed by atoms with Gasteiger partial charge in [-0.25, -0.2) is 4.79 Å². The zero-order chi connectivity index (χ0) is 11.8. The highest BCUT2D eigenvalue weighted by atomic mass is 16.4. The predicted molar refractivity (Wildman–Crippen MR) is 56.3 cm³/mol. The number of carboxylic acid groups (broad SMARTS) is 1. The van der Waals surface area contributed by atoms with Gasteiger partial charge >= 0.3 is 12.0 Å². The largest absolute Gasteiger partial charge is 0.481 e. The van der Waals surface area contributed by atoms with Crippen LogP contribution in [0.4, 0.5) is 4.79 Å². The molecule has 0 aliphatic carbocycles. The first-order chi connectivity index (χ1) is 6.99. The molecule has 5 nitrogen and oxygen atoms in total. The molecular formula is C10H16N2O3. The molecule has 15 heavy (non-hydrogen) atoms. The molecule has 0 bridgehead atoms. The van der Waals surface area contributed by atoms with Crippen molar-refractivity contribution in [1.82, 2.24) is 10.2 Å². The Kier molecular flexibility index (Phi) is 5.95. The number of nitrogens with zero attached hydrogens (tertiary/aromatic N) is 1. The van der Waals surface area contributed by atoms with Gasteiger partial charge in [-0.05, 0) is 6.92 Å². The molecule has 0 radical (unpaired) electrons. The molecule has 0 aliphatic rings. The second-order valence-corrected chi connectivity index (χ2v) is 3.21. The molecule has 0 saturated carbocycles. The molecule has 0 aromatic rings. The first-order valence-electron chi connectivity index (χ1n) is 4.60. The standard InChI is InChI=1S/C10H16N2O3/c1-4-5-6-11-10(15)12(3)7-8(2)9(13)14/h8H,6-7H2,1-3H3,(H,11,15)(H,13,14). The Morgan fingerprint density at radius 2 is 2.13 bits per heavy atom. The van der Waals surface area contributed by atoms with E-state index in [2.05, 4.69) is 17.2 Å². The number of nitrogens with one attached hydrogen (secondary N) is 1. The van der Waals surface area contributed by atoms with Gasteiger partial charge in [0, 0.05) is 13.6 Å². The maximum Gasteiger partial charge on any atom is 0.317 e. The summed E-state index contributed by atoms with van der Waals surface area (Å²) in [6.07, 6.45) is 0. The quantitative estimate of drug-likeness (QED) is 0.661. The van der Waals surface area contributed by atoms with Gasteiger partial charge in [-0.3, -0.25) is 4.79 Å². The number of hydrogen-bond acceptors (Lipinski definition) is 2. The van der Waals surface area contributed by atoms with Gasteiger partial charge < -0.3 is 15.3 Å².